The van der Waals surface area contributed by atoms with Gasteiger partial charge >= 0.3 is 0 Å². The lowest BCUT2D eigenvalue weighted by Gasteiger charge is -2.09. The fourth-order valence-corrected chi connectivity index (χ4v) is 3.77. The zero-order chi connectivity index (χ0) is 18.0. The molecule has 0 atom stereocenters. The zero-order valence-corrected chi connectivity index (χ0v) is 15.5. The molecule has 0 fully saturated rings. The molecule has 0 aliphatic carbocycles. The summed E-state index contributed by atoms with van der Waals surface area (Å²) >= 11 is 12.2. The summed E-state index contributed by atoms with van der Waals surface area (Å²) in [6.07, 6.45) is 1.57. The molecule has 0 saturated carbocycles. The molecule has 7 heteroatoms. The fourth-order valence-electron chi connectivity index (χ4n) is 2.25. The average molecular weight is 393 g/mol. The van der Waals surface area contributed by atoms with Crippen molar-refractivity contribution in [2.24, 2.45) is 0 Å². The van der Waals surface area contributed by atoms with Crippen LogP contribution in [0.2, 0.25) is 10.0 Å². The number of nitrogens with one attached hydrogen (secondary N) is 1. The van der Waals surface area contributed by atoms with Gasteiger partial charge in [0.25, 0.3) is 10.0 Å². The monoisotopic (exact) mass is 392 g/mol. The lowest BCUT2D eigenvalue weighted by atomic mass is 10.1. The highest BCUT2D eigenvalue weighted by molar-refractivity contribution is 7.92. The molecule has 1 heterocycles. The molecule has 2 aromatic carbocycles. The van der Waals surface area contributed by atoms with Crippen molar-refractivity contribution >= 4 is 39.0 Å². The number of nitrogens with zero attached hydrogens (tertiary/aromatic N) is 1. The van der Waals surface area contributed by atoms with Crippen LogP contribution in [0.3, 0.4) is 0 Å². The zero-order valence-electron chi connectivity index (χ0n) is 13.2. The highest BCUT2D eigenvalue weighted by atomic mass is 35.5. The maximum Gasteiger partial charge on any atom is 0.263 e. The van der Waals surface area contributed by atoms with E-state index < -0.39 is 10.0 Å². The second-order valence-corrected chi connectivity index (χ2v) is 7.93. The summed E-state index contributed by atoms with van der Waals surface area (Å²) < 4.78 is 27.3. The van der Waals surface area contributed by atoms with E-state index in [0.29, 0.717) is 10.0 Å². The number of hydrogen-bond donors (Lipinski definition) is 1. The highest BCUT2D eigenvalue weighted by Gasteiger charge is 2.16. The van der Waals surface area contributed by atoms with Crippen molar-refractivity contribution in [2.75, 3.05) is 4.72 Å². The summed E-state index contributed by atoms with van der Waals surface area (Å²) in [6, 6.07) is 15.3. The minimum absolute atomic E-state index is 0.0834. The first-order valence-electron chi connectivity index (χ1n) is 7.37. The Bertz CT molecular complexity index is 1020. The van der Waals surface area contributed by atoms with Crippen molar-refractivity contribution < 1.29 is 8.42 Å². The Morgan fingerprint density at radius 3 is 2.36 bits per heavy atom. The van der Waals surface area contributed by atoms with Gasteiger partial charge in [-0.2, -0.15) is 0 Å². The number of aromatic nitrogens is 1. The maximum absolute atomic E-state index is 12.4. The summed E-state index contributed by atoms with van der Waals surface area (Å²) in [4.78, 5) is 4.25. The third-order valence-corrected chi connectivity index (χ3v) is 5.73. The van der Waals surface area contributed by atoms with Gasteiger partial charge in [0.15, 0.2) is 0 Å². The Morgan fingerprint density at radius 2 is 1.72 bits per heavy atom. The van der Waals surface area contributed by atoms with Gasteiger partial charge in [0.1, 0.15) is 5.82 Å². The van der Waals surface area contributed by atoms with E-state index in [0.717, 1.165) is 16.7 Å². The normalized spacial score (nSPS) is 11.3. The van der Waals surface area contributed by atoms with Gasteiger partial charge < -0.3 is 0 Å². The third-order valence-electron chi connectivity index (χ3n) is 3.64. The SMILES string of the molecule is Cc1ccc(S(=O)(=O)Nc2ccc(-c3ccccc3Cl)cn2)cc1Cl. The van der Waals surface area contributed by atoms with Gasteiger partial charge in [0.2, 0.25) is 0 Å². The van der Waals surface area contributed by atoms with Crippen LogP contribution in [0.25, 0.3) is 11.1 Å². The van der Waals surface area contributed by atoms with Crippen molar-refractivity contribution in [3.8, 4) is 11.1 Å². The highest BCUT2D eigenvalue weighted by Crippen LogP contribution is 2.28. The first-order chi connectivity index (χ1) is 11.9. The second kappa shape index (κ2) is 7.04. The fraction of sp³-hybridized carbons (Fsp3) is 0.0556. The standard InChI is InChI=1S/C18H14Cl2N2O2S/c1-12-6-8-14(10-17(12)20)25(23,24)22-18-9-7-13(11-21-18)15-4-2-3-5-16(15)19/h2-11H,1H3,(H,21,22). The Labute approximate surface area is 156 Å². The van der Waals surface area contributed by atoms with Crippen LogP contribution < -0.4 is 4.72 Å². The summed E-state index contributed by atoms with van der Waals surface area (Å²) in [5.74, 6) is 0.215. The summed E-state index contributed by atoms with van der Waals surface area (Å²) in [7, 11) is -3.76. The molecule has 3 aromatic rings. The largest absolute Gasteiger partial charge is 0.263 e. The summed E-state index contributed by atoms with van der Waals surface area (Å²) in [6.45, 7) is 1.81. The van der Waals surface area contributed by atoms with Crippen LogP contribution in [-0.2, 0) is 10.0 Å². The van der Waals surface area contributed by atoms with E-state index in [1.165, 1.54) is 12.1 Å². The van der Waals surface area contributed by atoms with Crippen LogP contribution in [0.1, 0.15) is 5.56 Å². The predicted molar refractivity (Wildman–Crippen MR) is 102 cm³/mol. The van der Waals surface area contributed by atoms with Gasteiger partial charge in [-0.05, 0) is 42.8 Å². The molecule has 0 spiro atoms. The van der Waals surface area contributed by atoms with Gasteiger partial charge in [-0.15, -0.1) is 0 Å². The smallest absolute Gasteiger partial charge is 0.263 e. The molecule has 0 aliphatic rings. The predicted octanol–water partition coefficient (Wildman–Crippen LogP) is 5.16. The number of halogens is 2. The third kappa shape index (κ3) is 3.95. The molecule has 1 N–H and O–H groups in total. The van der Waals surface area contributed by atoms with Crippen LogP contribution >= 0.6 is 23.2 Å². The summed E-state index contributed by atoms with van der Waals surface area (Å²) in [5, 5.41) is 0.997. The lowest BCUT2D eigenvalue weighted by Crippen LogP contribution is -2.14. The molecule has 0 aliphatic heterocycles. The Morgan fingerprint density at radius 1 is 0.960 bits per heavy atom. The molecule has 3 rings (SSSR count). The molecule has 25 heavy (non-hydrogen) atoms. The number of aryl methyl sites for hydroxylation is 1. The Kier molecular flexibility index (Phi) is 4.99. The molecule has 128 valence electrons. The number of hydrogen-bond acceptors (Lipinski definition) is 3. The maximum atomic E-state index is 12.4. The lowest BCUT2D eigenvalue weighted by molar-refractivity contribution is 0.601. The van der Waals surface area contributed by atoms with Crippen molar-refractivity contribution in [1.82, 2.24) is 4.98 Å². The Balaban J connectivity index is 1.86. The van der Waals surface area contributed by atoms with Gasteiger partial charge in [0, 0.05) is 27.4 Å². The van der Waals surface area contributed by atoms with Crippen LogP contribution in [0.15, 0.2) is 65.7 Å². The Hall–Kier alpha value is -2.08. The second-order valence-electron chi connectivity index (χ2n) is 5.43. The first-order valence-corrected chi connectivity index (χ1v) is 9.61. The van der Waals surface area contributed by atoms with Gasteiger partial charge in [-0.25, -0.2) is 13.4 Å². The molecule has 0 saturated heterocycles. The van der Waals surface area contributed by atoms with E-state index in [1.54, 1.807) is 37.4 Å². The van der Waals surface area contributed by atoms with Crippen LogP contribution in [0.4, 0.5) is 5.82 Å². The van der Waals surface area contributed by atoms with E-state index >= 15 is 0 Å². The molecule has 0 amide bonds. The van der Waals surface area contributed by atoms with E-state index in [1.807, 2.05) is 18.2 Å². The minimum atomic E-state index is -3.76. The summed E-state index contributed by atoms with van der Waals surface area (Å²) in [5.41, 5.74) is 2.44. The molecule has 4 nitrogen and oxygen atoms in total. The van der Waals surface area contributed by atoms with Crippen molar-refractivity contribution in [3.63, 3.8) is 0 Å². The molecule has 0 bridgehead atoms. The van der Waals surface area contributed by atoms with Gasteiger partial charge in [0.05, 0.1) is 4.90 Å². The minimum Gasteiger partial charge on any atom is -0.263 e. The number of sulfonamides is 1. The van der Waals surface area contributed by atoms with Crippen molar-refractivity contribution in [3.05, 3.63) is 76.4 Å². The van der Waals surface area contributed by atoms with E-state index in [4.69, 9.17) is 23.2 Å². The van der Waals surface area contributed by atoms with Crippen LogP contribution in [-0.4, -0.2) is 13.4 Å². The molecule has 0 unspecified atom stereocenters. The van der Waals surface area contributed by atoms with Crippen LogP contribution in [0.5, 0.6) is 0 Å². The van der Waals surface area contributed by atoms with Crippen molar-refractivity contribution in [1.29, 1.82) is 0 Å². The van der Waals surface area contributed by atoms with E-state index in [-0.39, 0.29) is 10.7 Å². The number of benzene rings is 2. The molecule has 0 radical (unpaired) electrons. The van der Waals surface area contributed by atoms with Gasteiger partial charge in [-0.3, -0.25) is 4.72 Å². The number of pyridine rings is 1. The topological polar surface area (TPSA) is 59.1 Å². The molecular weight excluding hydrogens is 379 g/mol. The quantitative estimate of drug-likeness (QED) is 0.666. The molecule has 1 aromatic heterocycles. The first kappa shape index (κ1) is 17.7. The molecular formula is C18H14Cl2N2O2S. The van der Waals surface area contributed by atoms with E-state index in [2.05, 4.69) is 9.71 Å². The van der Waals surface area contributed by atoms with Crippen LogP contribution in [0, 0.1) is 6.92 Å². The average Bonchev–Trinajstić information content (AvgIpc) is 2.58. The number of anilines is 1. The number of rotatable bonds is 4. The van der Waals surface area contributed by atoms with Gasteiger partial charge in [-0.1, -0.05) is 47.5 Å². The van der Waals surface area contributed by atoms with Crippen molar-refractivity contribution in [2.45, 2.75) is 11.8 Å². The van der Waals surface area contributed by atoms with E-state index in [9.17, 15) is 8.42 Å².